The van der Waals surface area contributed by atoms with Gasteiger partial charge in [0.15, 0.2) is 0 Å². The van der Waals surface area contributed by atoms with Gasteiger partial charge in [0.2, 0.25) is 0 Å². The Kier molecular flexibility index (Phi) is 3.34. The molecule has 2 heteroatoms. The maximum atomic E-state index is 6.44. The first kappa shape index (κ1) is 16.9. The van der Waals surface area contributed by atoms with Crippen LogP contribution < -0.4 is 0 Å². The van der Waals surface area contributed by atoms with Crippen molar-refractivity contribution in [1.29, 1.82) is 0 Å². The lowest BCUT2D eigenvalue weighted by molar-refractivity contribution is 0.660. The molecule has 1 heterocycles. The van der Waals surface area contributed by atoms with E-state index in [-0.39, 0.29) is 5.41 Å². The zero-order chi connectivity index (χ0) is 19.8. The highest BCUT2D eigenvalue weighted by atomic mass is 35.5. The van der Waals surface area contributed by atoms with Crippen LogP contribution in [0.2, 0.25) is 5.02 Å². The molecule has 5 aromatic rings. The minimum absolute atomic E-state index is 0.0155. The van der Waals surface area contributed by atoms with E-state index < -0.39 is 0 Å². The fourth-order valence-corrected chi connectivity index (χ4v) is 5.29. The molecule has 140 valence electrons. The number of para-hydroxylation sites is 1. The fourth-order valence-electron chi connectivity index (χ4n) is 5.12. The number of rotatable bonds is 1. The topological polar surface area (TPSA) is 4.93 Å². The van der Waals surface area contributed by atoms with Gasteiger partial charge in [-0.05, 0) is 41.0 Å². The summed E-state index contributed by atoms with van der Waals surface area (Å²) in [7, 11) is 0. The van der Waals surface area contributed by atoms with E-state index >= 15 is 0 Å². The number of hydrogen-bond donors (Lipinski definition) is 0. The first-order valence-electron chi connectivity index (χ1n) is 10.00. The van der Waals surface area contributed by atoms with Crippen molar-refractivity contribution >= 4 is 33.4 Å². The molecule has 0 aliphatic heterocycles. The molecule has 0 N–H and O–H groups in total. The highest BCUT2D eigenvalue weighted by molar-refractivity contribution is 6.31. The van der Waals surface area contributed by atoms with Crippen LogP contribution in [0.4, 0.5) is 0 Å². The molecule has 1 aliphatic carbocycles. The van der Waals surface area contributed by atoms with E-state index in [1.165, 1.54) is 44.2 Å². The van der Waals surface area contributed by atoms with Crippen molar-refractivity contribution in [2.75, 3.05) is 0 Å². The highest BCUT2D eigenvalue weighted by Crippen LogP contribution is 2.51. The van der Waals surface area contributed by atoms with Crippen LogP contribution in [0, 0.1) is 0 Å². The number of fused-ring (bicyclic) bond motifs is 6. The third kappa shape index (κ3) is 2.17. The monoisotopic (exact) mass is 393 g/mol. The Balaban J connectivity index is 1.81. The summed E-state index contributed by atoms with van der Waals surface area (Å²) in [4.78, 5) is 0. The number of aromatic nitrogens is 1. The minimum Gasteiger partial charge on any atom is -0.309 e. The Morgan fingerprint density at radius 2 is 1.41 bits per heavy atom. The van der Waals surface area contributed by atoms with Gasteiger partial charge in [-0.15, -0.1) is 0 Å². The van der Waals surface area contributed by atoms with E-state index in [4.69, 9.17) is 11.6 Å². The zero-order valence-electron chi connectivity index (χ0n) is 16.4. The molecule has 0 spiro atoms. The molecule has 0 saturated heterocycles. The predicted molar refractivity (Wildman–Crippen MR) is 123 cm³/mol. The van der Waals surface area contributed by atoms with Crippen LogP contribution in [-0.2, 0) is 5.41 Å². The van der Waals surface area contributed by atoms with Gasteiger partial charge in [-0.3, -0.25) is 0 Å². The van der Waals surface area contributed by atoms with E-state index in [0.717, 1.165) is 10.5 Å². The van der Waals surface area contributed by atoms with Crippen LogP contribution in [-0.4, -0.2) is 4.57 Å². The van der Waals surface area contributed by atoms with Crippen molar-refractivity contribution in [1.82, 2.24) is 4.57 Å². The van der Waals surface area contributed by atoms with Crippen LogP contribution in [0.3, 0.4) is 0 Å². The molecule has 6 rings (SSSR count). The van der Waals surface area contributed by atoms with Gasteiger partial charge in [-0.1, -0.05) is 86.1 Å². The molecular formula is C27H20ClN. The molecule has 0 fully saturated rings. The number of nitrogens with zero attached hydrogens (tertiary/aromatic N) is 1. The largest absolute Gasteiger partial charge is 0.309 e. The standard InChI is InChI=1S/C27H20ClN/c1-27(2)21-10-5-3-9-20(21)26-22(27)11-7-13-24(26)29-23-12-6-4-8-18(23)19-15-14-17(28)16-25(19)29/h3-16H,1-2H3. The lowest BCUT2D eigenvalue weighted by Gasteiger charge is -2.21. The van der Waals surface area contributed by atoms with Crippen molar-refractivity contribution < 1.29 is 0 Å². The van der Waals surface area contributed by atoms with E-state index in [1.807, 2.05) is 6.07 Å². The van der Waals surface area contributed by atoms with Crippen LogP contribution >= 0.6 is 11.6 Å². The normalized spacial score (nSPS) is 14.3. The summed E-state index contributed by atoms with van der Waals surface area (Å²) in [6.07, 6.45) is 0. The average Bonchev–Trinajstić information content (AvgIpc) is 3.18. The van der Waals surface area contributed by atoms with Gasteiger partial charge in [-0.25, -0.2) is 0 Å². The third-order valence-electron chi connectivity index (χ3n) is 6.46. The molecule has 4 aromatic carbocycles. The summed E-state index contributed by atoms with van der Waals surface area (Å²) in [5.41, 5.74) is 8.99. The Morgan fingerprint density at radius 1 is 0.690 bits per heavy atom. The number of halogens is 1. The summed E-state index contributed by atoms with van der Waals surface area (Å²) >= 11 is 6.44. The molecule has 1 nitrogen and oxygen atoms in total. The van der Waals surface area contributed by atoms with Gasteiger partial charge in [0.1, 0.15) is 0 Å². The van der Waals surface area contributed by atoms with Gasteiger partial charge in [-0.2, -0.15) is 0 Å². The second-order valence-electron chi connectivity index (χ2n) is 8.38. The van der Waals surface area contributed by atoms with Crippen LogP contribution in [0.1, 0.15) is 25.0 Å². The molecule has 0 saturated carbocycles. The first-order chi connectivity index (χ1) is 14.1. The molecule has 0 atom stereocenters. The van der Waals surface area contributed by atoms with E-state index in [2.05, 4.69) is 97.3 Å². The maximum Gasteiger partial charge on any atom is 0.0556 e. The highest BCUT2D eigenvalue weighted by Gasteiger charge is 2.37. The van der Waals surface area contributed by atoms with Crippen LogP contribution in [0.15, 0.2) is 84.9 Å². The lowest BCUT2D eigenvalue weighted by atomic mass is 9.82. The smallest absolute Gasteiger partial charge is 0.0556 e. The molecule has 0 unspecified atom stereocenters. The SMILES string of the molecule is CC1(C)c2ccccc2-c2c(-n3c4ccccc4c4ccc(Cl)cc43)cccc21. The summed E-state index contributed by atoms with van der Waals surface area (Å²) in [5, 5.41) is 3.24. The number of benzene rings is 4. The molecule has 1 aromatic heterocycles. The summed E-state index contributed by atoms with van der Waals surface area (Å²) in [6.45, 7) is 4.65. The van der Waals surface area contributed by atoms with Crippen molar-refractivity contribution in [3.8, 4) is 16.8 Å². The minimum atomic E-state index is -0.0155. The Labute approximate surface area is 175 Å². The second kappa shape index (κ2) is 5.75. The quantitative estimate of drug-likeness (QED) is 0.274. The van der Waals surface area contributed by atoms with E-state index in [9.17, 15) is 0 Å². The third-order valence-corrected chi connectivity index (χ3v) is 6.70. The van der Waals surface area contributed by atoms with Gasteiger partial charge in [0, 0.05) is 26.8 Å². The summed E-state index contributed by atoms with van der Waals surface area (Å²) in [5.74, 6) is 0. The molecule has 0 radical (unpaired) electrons. The van der Waals surface area contributed by atoms with Crippen molar-refractivity contribution in [2.24, 2.45) is 0 Å². The van der Waals surface area contributed by atoms with Gasteiger partial charge in [0.05, 0.1) is 16.7 Å². The Morgan fingerprint density at radius 3 is 2.31 bits per heavy atom. The molecular weight excluding hydrogens is 374 g/mol. The van der Waals surface area contributed by atoms with Gasteiger partial charge < -0.3 is 4.57 Å². The Hall–Kier alpha value is -3.03. The van der Waals surface area contributed by atoms with E-state index in [0.29, 0.717) is 0 Å². The number of hydrogen-bond acceptors (Lipinski definition) is 0. The summed E-state index contributed by atoms with van der Waals surface area (Å²) in [6, 6.07) is 30.3. The Bertz CT molecular complexity index is 1440. The molecule has 0 bridgehead atoms. The van der Waals surface area contributed by atoms with Gasteiger partial charge >= 0.3 is 0 Å². The first-order valence-corrected chi connectivity index (χ1v) is 10.4. The average molecular weight is 394 g/mol. The molecule has 0 amide bonds. The van der Waals surface area contributed by atoms with Crippen molar-refractivity contribution in [3.63, 3.8) is 0 Å². The van der Waals surface area contributed by atoms with E-state index in [1.54, 1.807) is 0 Å². The fraction of sp³-hybridized carbons (Fsp3) is 0.111. The van der Waals surface area contributed by atoms with Crippen molar-refractivity contribution in [2.45, 2.75) is 19.3 Å². The molecule has 1 aliphatic rings. The molecule has 29 heavy (non-hydrogen) atoms. The van der Waals surface area contributed by atoms with Crippen LogP contribution in [0.5, 0.6) is 0 Å². The predicted octanol–water partition coefficient (Wildman–Crippen LogP) is 7.74. The lowest BCUT2D eigenvalue weighted by Crippen LogP contribution is -2.14. The van der Waals surface area contributed by atoms with Crippen molar-refractivity contribution in [3.05, 3.63) is 101 Å². The zero-order valence-corrected chi connectivity index (χ0v) is 17.2. The summed E-state index contributed by atoms with van der Waals surface area (Å²) < 4.78 is 2.38. The second-order valence-corrected chi connectivity index (χ2v) is 8.82. The van der Waals surface area contributed by atoms with Gasteiger partial charge in [0.25, 0.3) is 0 Å². The maximum absolute atomic E-state index is 6.44. The van der Waals surface area contributed by atoms with Crippen LogP contribution in [0.25, 0.3) is 38.6 Å².